The molecule has 0 amide bonds. The van der Waals surface area contributed by atoms with Crippen molar-refractivity contribution in [2.45, 2.75) is 27.2 Å². The Kier molecular flexibility index (Phi) is 37.3. The Hall–Kier alpha value is -0.510. The number of hydrogen-bond donors (Lipinski definition) is 0. The summed E-state index contributed by atoms with van der Waals surface area (Å²) in [5, 5.41) is 7.62. The van der Waals surface area contributed by atoms with Gasteiger partial charge in [-0.05, 0) is 0 Å². The third-order valence-corrected chi connectivity index (χ3v) is 0.158. The summed E-state index contributed by atoms with van der Waals surface area (Å²) in [4.78, 5) is 0. The van der Waals surface area contributed by atoms with Crippen LogP contribution < -0.4 is 0 Å². The molecule has 0 fully saturated rings. The molecule has 1 nitrogen and oxygen atoms in total. The molecule has 0 saturated carbocycles. The minimum absolute atomic E-state index is 0.625. The Morgan fingerprint density at radius 2 is 1.67 bits per heavy atom. The molecule has 1 heteroatoms. The summed E-state index contributed by atoms with van der Waals surface area (Å²) in [6.45, 7) is 5.82. The lowest BCUT2D eigenvalue weighted by Gasteiger charge is -1.47. The zero-order valence-electron chi connectivity index (χ0n) is 4.65. The van der Waals surface area contributed by atoms with Gasteiger partial charge in [-0.15, -0.1) is 0 Å². The van der Waals surface area contributed by atoms with E-state index in [-0.39, 0.29) is 0 Å². The van der Waals surface area contributed by atoms with E-state index < -0.39 is 0 Å². The standard InChI is InChI=1S/C3H5N.C2H6/c1-2-3-4;1-2/h2H2,1H3;1-2H3. The van der Waals surface area contributed by atoms with E-state index in [2.05, 4.69) is 0 Å². The summed E-state index contributed by atoms with van der Waals surface area (Å²) in [5.74, 6) is 0. The summed E-state index contributed by atoms with van der Waals surface area (Å²) in [6, 6.07) is 1.93. The van der Waals surface area contributed by atoms with E-state index in [1.165, 1.54) is 0 Å². The van der Waals surface area contributed by atoms with Crippen LogP contribution in [-0.2, 0) is 0 Å². The highest BCUT2D eigenvalue weighted by molar-refractivity contribution is 4.61. The maximum Gasteiger partial charge on any atom is 0.0618 e. The van der Waals surface area contributed by atoms with Crippen molar-refractivity contribution < 1.29 is 0 Å². The molecule has 0 aliphatic carbocycles. The van der Waals surface area contributed by atoms with Gasteiger partial charge in [0, 0.05) is 6.42 Å². The lowest BCUT2D eigenvalue weighted by molar-refractivity contribution is 1.22. The Labute approximate surface area is 39.6 Å². The van der Waals surface area contributed by atoms with E-state index in [4.69, 9.17) is 5.26 Å². The molecular formula is C5H11N. The number of rotatable bonds is 0. The SMILES string of the molecule is CC.CCC#N. The van der Waals surface area contributed by atoms with Gasteiger partial charge in [-0.3, -0.25) is 0 Å². The number of nitriles is 1. The minimum Gasteiger partial charge on any atom is -0.198 e. The fourth-order valence-corrected chi connectivity index (χ4v) is 0. The first-order valence-electron chi connectivity index (χ1n) is 2.28. The second-order valence-corrected chi connectivity index (χ2v) is 0.512. The lowest BCUT2D eigenvalue weighted by atomic mass is 10.6. The second kappa shape index (κ2) is 24.6. The Morgan fingerprint density at radius 3 is 1.67 bits per heavy atom. The van der Waals surface area contributed by atoms with Gasteiger partial charge in [0.25, 0.3) is 0 Å². The predicted molar refractivity (Wildman–Crippen MR) is 27.3 cm³/mol. The Balaban J connectivity index is 0. The topological polar surface area (TPSA) is 23.8 Å². The average Bonchev–Trinajstić information content (AvgIpc) is 1.72. The molecule has 0 heterocycles. The Morgan fingerprint density at radius 1 is 1.50 bits per heavy atom. The third-order valence-electron chi connectivity index (χ3n) is 0.158. The first-order valence-corrected chi connectivity index (χ1v) is 2.28. The molecule has 0 spiro atoms. The monoisotopic (exact) mass is 85.1 g/mol. The van der Waals surface area contributed by atoms with Crippen LogP contribution >= 0.6 is 0 Å². The third kappa shape index (κ3) is 90.1. The fourth-order valence-electron chi connectivity index (χ4n) is 0. The van der Waals surface area contributed by atoms with Crippen molar-refractivity contribution in [3.05, 3.63) is 0 Å². The lowest BCUT2D eigenvalue weighted by Crippen LogP contribution is -1.38. The molecule has 6 heavy (non-hydrogen) atoms. The van der Waals surface area contributed by atoms with Gasteiger partial charge in [0.05, 0.1) is 6.07 Å². The molecule has 0 atom stereocenters. The summed E-state index contributed by atoms with van der Waals surface area (Å²) >= 11 is 0. The van der Waals surface area contributed by atoms with Gasteiger partial charge in [0.1, 0.15) is 0 Å². The van der Waals surface area contributed by atoms with E-state index in [0.29, 0.717) is 6.42 Å². The Bertz CT molecular complexity index is 33.7. The molecule has 0 aromatic rings. The summed E-state index contributed by atoms with van der Waals surface area (Å²) in [5.41, 5.74) is 0. The van der Waals surface area contributed by atoms with Gasteiger partial charge in [-0.1, -0.05) is 20.8 Å². The molecule has 36 valence electrons. The van der Waals surface area contributed by atoms with E-state index in [1.807, 2.05) is 26.8 Å². The smallest absolute Gasteiger partial charge is 0.0618 e. The zero-order valence-corrected chi connectivity index (χ0v) is 4.65. The van der Waals surface area contributed by atoms with Crippen molar-refractivity contribution in [1.82, 2.24) is 0 Å². The molecule has 0 N–H and O–H groups in total. The van der Waals surface area contributed by atoms with Crippen molar-refractivity contribution in [2.24, 2.45) is 0 Å². The summed E-state index contributed by atoms with van der Waals surface area (Å²) in [7, 11) is 0. The van der Waals surface area contributed by atoms with Crippen molar-refractivity contribution in [3.63, 3.8) is 0 Å². The number of nitrogens with zero attached hydrogens (tertiary/aromatic N) is 1. The first kappa shape index (κ1) is 9.09. The van der Waals surface area contributed by atoms with Gasteiger partial charge < -0.3 is 0 Å². The number of hydrogen-bond acceptors (Lipinski definition) is 1. The molecule has 0 rings (SSSR count). The highest BCUT2D eigenvalue weighted by Crippen LogP contribution is 1.58. The highest BCUT2D eigenvalue weighted by atomic mass is 14.2. The molecule has 0 aliphatic rings. The van der Waals surface area contributed by atoms with Crippen molar-refractivity contribution in [1.29, 1.82) is 5.26 Å². The quantitative estimate of drug-likeness (QED) is 0.441. The molecule has 0 unspecified atom stereocenters. The van der Waals surface area contributed by atoms with E-state index in [9.17, 15) is 0 Å². The van der Waals surface area contributed by atoms with E-state index >= 15 is 0 Å². The summed E-state index contributed by atoms with van der Waals surface area (Å²) in [6.07, 6.45) is 0.625. The van der Waals surface area contributed by atoms with Crippen molar-refractivity contribution in [2.75, 3.05) is 0 Å². The second-order valence-electron chi connectivity index (χ2n) is 0.512. The minimum atomic E-state index is 0.625. The summed E-state index contributed by atoms with van der Waals surface area (Å²) < 4.78 is 0. The van der Waals surface area contributed by atoms with Gasteiger partial charge in [0.2, 0.25) is 0 Å². The molecule has 0 aromatic carbocycles. The maximum absolute atomic E-state index is 7.62. The van der Waals surface area contributed by atoms with Crippen molar-refractivity contribution >= 4 is 0 Å². The van der Waals surface area contributed by atoms with Crippen LogP contribution in [0.4, 0.5) is 0 Å². The van der Waals surface area contributed by atoms with Crippen LogP contribution in [0.5, 0.6) is 0 Å². The molecule has 0 radical (unpaired) electrons. The van der Waals surface area contributed by atoms with Crippen LogP contribution in [0.3, 0.4) is 0 Å². The fraction of sp³-hybridized carbons (Fsp3) is 0.800. The van der Waals surface area contributed by atoms with Crippen LogP contribution in [0.2, 0.25) is 0 Å². The molecule has 0 aliphatic heterocycles. The normalized spacial score (nSPS) is 4.33. The van der Waals surface area contributed by atoms with Crippen LogP contribution in [0.25, 0.3) is 0 Å². The highest BCUT2D eigenvalue weighted by Gasteiger charge is 1.49. The molecule has 0 aromatic heterocycles. The van der Waals surface area contributed by atoms with Crippen LogP contribution in [0.1, 0.15) is 27.2 Å². The molecule has 0 bridgehead atoms. The molecule has 0 saturated heterocycles. The maximum atomic E-state index is 7.62. The van der Waals surface area contributed by atoms with Gasteiger partial charge >= 0.3 is 0 Å². The molecular weight excluding hydrogens is 74.1 g/mol. The van der Waals surface area contributed by atoms with E-state index in [0.717, 1.165) is 0 Å². The average molecular weight is 85.2 g/mol. The van der Waals surface area contributed by atoms with Crippen LogP contribution in [-0.4, -0.2) is 0 Å². The van der Waals surface area contributed by atoms with Gasteiger partial charge in [-0.25, -0.2) is 0 Å². The first-order chi connectivity index (χ1) is 2.91. The van der Waals surface area contributed by atoms with Crippen LogP contribution in [0.15, 0.2) is 0 Å². The van der Waals surface area contributed by atoms with Gasteiger partial charge in [-0.2, -0.15) is 5.26 Å². The van der Waals surface area contributed by atoms with Crippen LogP contribution in [0, 0.1) is 11.3 Å². The largest absolute Gasteiger partial charge is 0.198 e. The predicted octanol–water partition coefficient (Wildman–Crippen LogP) is 1.95. The van der Waals surface area contributed by atoms with Crippen molar-refractivity contribution in [3.8, 4) is 6.07 Å². The zero-order chi connectivity index (χ0) is 5.41. The van der Waals surface area contributed by atoms with E-state index in [1.54, 1.807) is 0 Å². The van der Waals surface area contributed by atoms with Gasteiger partial charge in [0.15, 0.2) is 0 Å².